The highest BCUT2D eigenvalue weighted by Crippen LogP contribution is 2.94. The number of fused-ring (bicyclic) bond motifs is 1. The molecule has 0 heterocycles. The molecule has 0 amide bonds. The minimum atomic E-state index is -0.844. The van der Waals surface area contributed by atoms with Crippen molar-refractivity contribution in [2.24, 2.45) is 58.2 Å². The number of carbonyl (C=O) groups excluding carboxylic acids is 2. The van der Waals surface area contributed by atoms with Gasteiger partial charge in [-0.1, -0.05) is 84.0 Å². The Hall–Kier alpha value is -3.40. The lowest BCUT2D eigenvalue weighted by Gasteiger charge is -2.56. The number of hydrogen-bond donors (Lipinski definition) is 0. The Kier molecular flexibility index (Phi) is 4.26. The minimum absolute atomic E-state index is 0.0547. The first-order valence-electron chi connectivity index (χ1n) is 13.9. The Bertz CT molecular complexity index is 1390. The molecule has 0 N–H and O–H groups in total. The maximum Gasteiger partial charge on any atom is 0.313 e. The van der Waals surface area contributed by atoms with Crippen LogP contribution in [-0.4, -0.2) is 26.2 Å². The van der Waals surface area contributed by atoms with Crippen LogP contribution in [0.5, 0.6) is 0 Å². The van der Waals surface area contributed by atoms with Crippen molar-refractivity contribution in [3.05, 3.63) is 95.1 Å². The smallest absolute Gasteiger partial charge is 0.313 e. The molecule has 8 atom stereocenters. The van der Waals surface area contributed by atoms with Crippen LogP contribution >= 0.6 is 0 Å². The molecule has 0 saturated heterocycles. The second kappa shape index (κ2) is 7.16. The molecule has 0 radical (unpaired) electrons. The van der Waals surface area contributed by atoms with Crippen molar-refractivity contribution in [3.8, 4) is 0 Å². The first kappa shape index (κ1) is 22.6. The summed E-state index contributed by atoms with van der Waals surface area (Å²) in [5.74, 6) is 0.870. The van der Waals surface area contributed by atoms with E-state index in [1.54, 1.807) is 0 Å². The van der Waals surface area contributed by atoms with E-state index in [1.807, 2.05) is 0 Å². The molecule has 4 nitrogen and oxygen atoms in total. The summed E-state index contributed by atoms with van der Waals surface area (Å²) in [5.41, 5.74) is 5.98. The van der Waals surface area contributed by atoms with Crippen LogP contribution < -0.4 is 0 Å². The number of carbonyl (C=O) groups is 2. The van der Waals surface area contributed by atoms with Crippen molar-refractivity contribution >= 4 is 23.1 Å². The summed E-state index contributed by atoms with van der Waals surface area (Å²) in [6.07, 6.45) is 4.46. The van der Waals surface area contributed by atoms with E-state index in [2.05, 4.69) is 86.7 Å². The van der Waals surface area contributed by atoms with Crippen LogP contribution in [0.4, 0.5) is 0 Å². The van der Waals surface area contributed by atoms with Crippen molar-refractivity contribution in [3.63, 3.8) is 0 Å². The van der Waals surface area contributed by atoms with E-state index in [-0.39, 0.29) is 47.4 Å². The van der Waals surface area contributed by atoms with E-state index in [0.717, 1.165) is 0 Å². The third kappa shape index (κ3) is 2.03. The molecule has 2 aromatic rings. The number of benzene rings is 2. The molecule has 0 spiro atoms. The molecule has 2 aromatic carbocycles. The summed E-state index contributed by atoms with van der Waals surface area (Å²) in [7, 11) is 2.98. The molecule has 9 rings (SSSR count). The average Bonchev–Trinajstić information content (AvgIpc) is 3.76. The Balaban J connectivity index is 1.43. The van der Waals surface area contributed by atoms with Crippen molar-refractivity contribution in [2.45, 2.75) is 13.8 Å². The molecular weight excluding hydrogens is 472 g/mol. The number of ether oxygens (including phenoxy) is 2. The predicted octanol–water partition coefficient (Wildman–Crippen LogP) is 5.82. The zero-order chi connectivity index (χ0) is 26.1. The summed E-state index contributed by atoms with van der Waals surface area (Å²) in [5, 5.41) is 0. The van der Waals surface area contributed by atoms with Gasteiger partial charge in [-0.2, -0.15) is 0 Å². The topological polar surface area (TPSA) is 52.6 Å². The summed E-state index contributed by atoms with van der Waals surface area (Å²) < 4.78 is 11.2. The maximum absolute atomic E-state index is 14.0. The number of allylic oxidation sites excluding steroid dienone is 6. The van der Waals surface area contributed by atoms with Gasteiger partial charge in [-0.3, -0.25) is 9.59 Å². The number of hydrogen-bond acceptors (Lipinski definition) is 4. The number of rotatable bonds is 4. The van der Waals surface area contributed by atoms with Gasteiger partial charge in [0, 0.05) is 0 Å². The minimum Gasteiger partial charge on any atom is -0.469 e. The van der Waals surface area contributed by atoms with Crippen LogP contribution in [0.1, 0.15) is 25.0 Å². The van der Waals surface area contributed by atoms with E-state index < -0.39 is 10.8 Å². The van der Waals surface area contributed by atoms with Crippen LogP contribution in [0.25, 0.3) is 11.1 Å². The van der Waals surface area contributed by atoms with Crippen molar-refractivity contribution < 1.29 is 19.1 Å². The van der Waals surface area contributed by atoms with Gasteiger partial charge in [-0.05, 0) is 83.5 Å². The quantitative estimate of drug-likeness (QED) is 0.389. The van der Waals surface area contributed by atoms with Gasteiger partial charge in [-0.15, -0.1) is 0 Å². The van der Waals surface area contributed by atoms with Gasteiger partial charge in [0.25, 0.3) is 0 Å². The lowest BCUT2D eigenvalue weighted by Crippen LogP contribution is -2.63. The molecular formula is C34H32O4. The second-order valence-electron chi connectivity index (χ2n) is 12.3. The molecule has 8 bridgehead atoms. The van der Waals surface area contributed by atoms with Crippen LogP contribution in [0, 0.1) is 58.2 Å². The molecule has 38 heavy (non-hydrogen) atoms. The Morgan fingerprint density at radius 2 is 1.03 bits per heavy atom. The van der Waals surface area contributed by atoms with Crippen molar-refractivity contribution in [1.82, 2.24) is 0 Å². The Morgan fingerprint density at radius 3 is 1.39 bits per heavy atom. The Labute approximate surface area is 223 Å². The van der Waals surface area contributed by atoms with Gasteiger partial charge >= 0.3 is 11.9 Å². The second-order valence-corrected chi connectivity index (χ2v) is 12.3. The molecule has 192 valence electrons. The van der Waals surface area contributed by atoms with Gasteiger partial charge in [-0.25, -0.2) is 0 Å². The molecule has 4 heteroatoms. The molecule has 0 unspecified atom stereocenters. The average molecular weight is 505 g/mol. The zero-order valence-electron chi connectivity index (χ0n) is 22.2. The van der Waals surface area contributed by atoms with Gasteiger partial charge in [0.1, 0.15) is 0 Å². The zero-order valence-corrected chi connectivity index (χ0v) is 22.2. The summed E-state index contributed by atoms with van der Waals surface area (Å²) in [6, 6.07) is 21.3. The highest BCUT2D eigenvalue weighted by Gasteiger charge is 2.98. The highest BCUT2D eigenvalue weighted by atomic mass is 16.5. The van der Waals surface area contributed by atoms with Gasteiger partial charge < -0.3 is 9.47 Å². The molecule has 0 aliphatic heterocycles. The fraction of sp³-hybridized carbons (Fsp3) is 0.412. The monoisotopic (exact) mass is 504 g/mol. The fourth-order valence-corrected chi connectivity index (χ4v) is 11.4. The van der Waals surface area contributed by atoms with E-state index >= 15 is 0 Å². The Morgan fingerprint density at radius 1 is 0.632 bits per heavy atom. The summed E-state index contributed by atoms with van der Waals surface area (Å²) in [6.45, 7) is 4.57. The lowest BCUT2D eigenvalue weighted by atomic mass is 9.45. The third-order valence-corrected chi connectivity index (χ3v) is 11.8. The normalized spacial score (nSPS) is 42.3. The largest absolute Gasteiger partial charge is 0.469 e. The van der Waals surface area contributed by atoms with E-state index in [4.69, 9.17) is 9.47 Å². The van der Waals surface area contributed by atoms with E-state index in [9.17, 15) is 9.59 Å². The summed E-state index contributed by atoms with van der Waals surface area (Å²) in [4.78, 5) is 28.1. The van der Waals surface area contributed by atoms with Crippen LogP contribution in [-0.2, 0) is 19.1 Å². The molecule has 7 aliphatic carbocycles. The first-order chi connectivity index (χ1) is 18.5. The van der Waals surface area contributed by atoms with E-state index in [1.165, 1.54) is 47.6 Å². The lowest BCUT2D eigenvalue weighted by molar-refractivity contribution is -0.192. The number of methoxy groups -OCH3 is 2. The standard InChI is InChI=1S/C34H32O4/c1-17-23(19-11-7-5-8-12-19)24(20-13-9-6-10-14-20)18(2)26-25(17)29-28-27-21-15-16-22(27)34(30(26)28,32(36)38-4)33(21,29)31(35)37-3/h5-16,21-22,25-30H,1-4H3/t21-,22-,25-,26-,27?,28?,29+,30+,33+,34+/m0/s1. The van der Waals surface area contributed by atoms with Gasteiger partial charge in [0.05, 0.1) is 25.0 Å². The fourth-order valence-electron chi connectivity index (χ4n) is 11.4. The molecule has 5 saturated carbocycles. The van der Waals surface area contributed by atoms with Crippen molar-refractivity contribution in [2.75, 3.05) is 14.2 Å². The number of esters is 2. The maximum atomic E-state index is 14.0. The molecule has 7 aliphatic rings. The van der Waals surface area contributed by atoms with Crippen LogP contribution in [0.2, 0.25) is 0 Å². The van der Waals surface area contributed by atoms with Crippen molar-refractivity contribution in [1.29, 1.82) is 0 Å². The highest BCUT2D eigenvalue weighted by molar-refractivity contribution is 6.09. The molecule has 5 fully saturated rings. The predicted molar refractivity (Wildman–Crippen MR) is 144 cm³/mol. The first-order valence-corrected chi connectivity index (χ1v) is 13.9. The third-order valence-electron chi connectivity index (χ3n) is 11.8. The van der Waals surface area contributed by atoms with Crippen LogP contribution in [0.15, 0.2) is 84.0 Å². The SMILES string of the molecule is COC(=O)[C@@]12[C@H]3C=C[C@H]4C3C3[C@H]1[C@H]1C(C)=C(c5ccccc5)C(c5ccccc5)=C(C)[C@@H]1[C@H]3[C@@]42C(=O)OC. The van der Waals surface area contributed by atoms with Crippen LogP contribution in [0.3, 0.4) is 0 Å². The van der Waals surface area contributed by atoms with E-state index in [0.29, 0.717) is 11.8 Å². The van der Waals surface area contributed by atoms with Gasteiger partial charge in [0.15, 0.2) is 0 Å². The molecule has 0 aromatic heterocycles. The van der Waals surface area contributed by atoms with Gasteiger partial charge in [0.2, 0.25) is 0 Å². The summed E-state index contributed by atoms with van der Waals surface area (Å²) >= 11 is 0.